The average Bonchev–Trinajstić information content (AvgIpc) is 3.39. The van der Waals surface area contributed by atoms with Crippen LogP contribution in [0.25, 0.3) is 21.5 Å². The highest BCUT2D eigenvalue weighted by Gasteiger charge is 2.29. The van der Waals surface area contributed by atoms with Crippen LogP contribution < -0.4 is 14.7 Å². The summed E-state index contributed by atoms with van der Waals surface area (Å²) in [5, 5.41) is 22.6. The number of anilines is 1. The Morgan fingerprint density at radius 3 is 2.59 bits per heavy atom. The van der Waals surface area contributed by atoms with Crippen molar-refractivity contribution in [1.82, 2.24) is 0 Å². The lowest BCUT2D eigenvalue weighted by Gasteiger charge is -2.20. The molecule has 0 bridgehead atoms. The Hall–Kier alpha value is -4.14. The SMILES string of the molecule is CC1=CCCC(C=O)=CC(OC(=O)c2cc3c(c4c2c(N(O)O)cc2ccccc24)OCO3)CC(C)=CCC1. The second kappa shape index (κ2) is 11.3. The van der Waals surface area contributed by atoms with Crippen LogP contribution >= 0.6 is 0 Å². The molecule has 202 valence electrons. The summed E-state index contributed by atoms with van der Waals surface area (Å²) in [6, 6.07) is 10.5. The van der Waals surface area contributed by atoms with E-state index in [0.717, 1.165) is 41.9 Å². The van der Waals surface area contributed by atoms with Crippen molar-refractivity contribution in [3.8, 4) is 11.5 Å². The number of carbonyl (C=O) groups excluding carboxylic acids is 2. The summed E-state index contributed by atoms with van der Waals surface area (Å²) in [5.74, 6) is 0.0942. The quantitative estimate of drug-likeness (QED) is 0.125. The summed E-state index contributed by atoms with van der Waals surface area (Å²) in [6.07, 6.45) is 9.61. The number of esters is 1. The van der Waals surface area contributed by atoms with Crippen LogP contribution in [-0.4, -0.2) is 35.6 Å². The van der Waals surface area contributed by atoms with E-state index in [1.807, 2.05) is 31.2 Å². The molecule has 1 aliphatic carbocycles. The average molecular weight is 530 g/mol. The molecule has 0 saturated carbocycles. The molecule has 1 aliphatic heterocycles. The van der Waals surface area contributed by atoms with Crippen LogP contribution in [0.5, 0.6) is 11.5 Å². The zero-order valence-corrected chi connectivity index (χ0v) is 22.0. The van der Waals surface area contributed by atoms with Gasteiger partial charge in [-0.25, -0.2) is 4.79 Å². The van der Waals surface area contributed by atoms with Crippen molar-refractivity contribution >= 4 is 39.5 Å². The van der Waals surface area contributed by atoms with Crippen LogP contribution in [0.15, 0.2) is 71.3 Å². The highest BCUT2D eigenvalue weighted by molar-refractivity contribution is 6.22. The van der Waals surface area contributed by atoms with Gasteiger partial charge in [0.2, 0.25) is 6.79 Å². The number of fused-ring (bicyclic) bond motifs is 5. The van der Waals surface area contributed by atoms with Crippen LogP contribution in [0.4, 0.5) is 5.69 Å². The van der Waals surface area contributed by atoms with Crippen LogP contribution in [0.3, 0.4) is 0 Å². The third-order valence-corrected chi connectivity index (χ3v) is 7.17. The van der Waals surface area contributed by atoms with Gasteiger partial charge in [0.25, 0.3) is 0 Å². The first kappa shape index (κ1) is 26.5. The number of rotatable bonds is 4. The van der Waals surface area contributed by atoms with E-state index < -0.39 is 12.1 Å². The van der Waals surface area contributed by atoms with Gasteiger partial charge in [-0.2, -0.15) is 0 Å². The summed E-state index contributed by atoms with van der Waals surface area (Å²) < 4.78 is 17.4. The van der Waals surface area contributed by atoms with E-state index in [2.05, 4.69) is 19.1 Å². The Balaban J connectivity index is 1.62. The fraction of sp³-hybridized carbons (Fsp3) is 0.290. The van der Waals surface area contributed by atoms with E-state index in [9.17, 15) is 20.0 Å². The van der Waals surface area contributed by atoms with Gasteiger partial charge in [-0.3, -0.25) is 15.2 Å². The first-order valence-electron chi connectivity index (χ1n) is 13.0. The van der Waals surface area contributed by atoms with Crippen molar-refractivity contribution in [2.24, 2.45) is 0 Å². The number of ether oxygens (including phenoxy) is 3. The molecular formula is C31H31NO7. The van der Waals surface area contributed by atoms with Gasteiger partial charge in [-0.15, -0.1) is 5.23 Å². The first-order valence-corrected chi connectivity index (χ1v) is 13.0. The minimum atomic E-state index is -0.692. The molecule has 1 atom stereocenters. The minimum absolute atomic E-state index is 0.00347. The third kappa shape index (κ3) is 5.53. The molecule has 39 heavy (non-hydrogen) atoms. The van der Waals surface area contributed by atoms with Gasteiger partial charge in [0, 0.05) is 17.2 Å². The molecule has 0 aromatic heterocycles. The Morgan fingerprint density at radius 2 is 1.79 bits per heavy atom. The second-order valence-electron chi connectivity index (χ2n) is 10.00. The molecule has 8 nitrogen and oxygen atoms in total. The van der Waals surface area contributed by atoms with Gasteiger partial charge in [0.05, 0.1) is 5.56 Å². The number of hydrogen-bond acceptors (Lipinski definition) is 8. The first-order chi connectivity index (χ1) is 18.9. The summed E-state index contributed by atoms with van der Waals surface area (Å²) in [6.45, 7) is 4.04. The van der Waals surface area contributed by atoms with E-state index in [1.165, 1.54) is 11.6 Å². The Bertz CT molecular complexity index is 1530. The normalized spacial score (nSPS) is 17.9. The van der Waals surface area contributed by atoms with Crippen molar-refractivity contribution in [3.05, 3.63) is 76.9 Å². The van der Waals surface area contributed by atoms with E-state index in [-0.39, 0.29) is 28.7 Å². The predicted molar refractivity (Wildman–Crippen MR) is 148 cm³/mol. The Morgan fingerprint density at radius 1 is 1.03 bits per heavy atom. The monoisotopic (exact) mass is 529 g/mol. The van der Waals surface area contributed by atoms with Gasteiger partial charge in [0.15, 0.2) is 11.5 Å². The predicted octanol–water partition coefficient (Wildman–Crippen LogP) is 6.81. The topological polar surface area (TPSA) is 106 Å². The van der Waals surface area contributed by atoms with Crippen LogP contribution in [0.1, 0.15) is 56.3 Å². The molecule has 2 N–H and O–H groups in total. The smallest absolute Gasteiger partial charge is 0.339 e. The molecular weight excluding hydrogens is 498 g/mol. The lowest BCUT2D eigenvalue weighted by Crippen LogP contribution is -2.19. The fourth-order valence-electron chi connectivity index (χ4n) is 5.24. The van der Waals surface area contributed by atoms with Gasteiger partial charge in [0.1, 0.15) is 18.1 Å². The summed E-state index contributed by atoms with van der Waals surface area (Å²) in [5.41, 5.74) is 2.98. The summed E-state index contributed by atoms with van der Waals surface area (Å²) in [7, 11) is 0. The number of carbonyl (C=O) groups is 2. The molecule has 0 saturated heterocycles. The molecule has 0 amide bonds. The molecule has 0 spiro atoms. The zero-order valence-electron chi connectivity index (χ0n) is 22.0. The number of benzene rings is 3. The molecule has 8 heteroatoms. The van der Waals surface area contributed by atoms with Gasteiger partial charge < -0.3 is 14.2 Å². The van der Waals surface area contributed by atoms with E-state index in [4.69, 9.17) is 14.2 Å². The number of hydrogen-bond donors (Lipinski definition) is 2. The molecule has 5 rings (SSSR count). The van der Waals surface area contributed by atoms with Gasteiger partial charge >= 0.3 is 5.97 Å². The van der Waals surface area contributed by atoms with Crippen LogP contribution in [-0.2, 0) is 9.53 Å². The zero-order chi connectivity index (χ0) is 27.5. The number of aldehydes is 1. The lowest BCUT2D eigenvalue weighted by atomic mass is 9.95. The Kier molecular flexibility index (Phi) is 7.67. The van der Waals surface area contributed by atoms with Crippen LogP contribution in [0, 0.1) is 0 Å². The van der Waals surface area contributed by atoms with E-state index >= 15 is 0 Å². The molecule has 3 aromatic carbocycles. The molecule has 3 aromatic rings. The van der Waals surface area contributed by atoms with Gasteiger partial charge in [-0.05, 0) is 74.1 Å². The summed E-state index contributed by atoms with van der Waals surface area (Å²) in [4.78, 5) is 25.7. The molecule has 1 heterocycles. The van der Waals surface area contributed by atoms with Crippen molar-refractivity contribution in [3.63, 3.8) is 0 Å². The molecule has 1 unspecified atom stereocenters. The maximum atomic E-state index is 13.8. The number of nitrogens with zero attached hydrogens (tertiary/aromatic N) is 1. The molecule has 0 fully saturated rings. The van der Waals surface area contributed by atoms with Crippen molar-refractivity contribution in [2.75, 3.05) is 12.0 Å². The number of allylic oxidation sites excluding steroid dienone is 4. The van der Waals surface area contributed by atoms with Crippen molar-refractivity contribution in [2.45, 2.75) is 52.1 Å². The fourth-order valence-corrected chi connectivity index (χ4v) is 5.24. The maximum Gasteiger partial charge on any atom is 0.339 e. The molecule has 0 radical (unpaired) electrons. The van der Waals surface area contributed by atoms with Crippen molar-refractivity contribution < 1.29 is 34.2 Å². The highest BCUT2D eigenvalue weighted by atomic mass is 16.8. The highest BCUT2D eigenvalue weighted by Crippen LogP contribution is 2.47. The Labute approximate surface area is 226 Å². The van der Waals surface area contributed by atoms with E-state index in [0.29, 0.717) is 35.3 Å². The van der Waals surface area contributed by atoms with Crippen LogP contribution in [0.2, 0.25) is 0 Å². The lowest BCUT2D eigenvalue weighted by molar-refractivity contribution is -0.105. The standard InChI is InChI=1S/C31H31NO7/c1-19-7-5-9-20(2)13-23(14-21(17-33)10-6-8-19)39-31(34)25-16-27-30(38-18-37-27)29-24-12-4-3-11-22(24)15-26(28(25)29)32(35)36/h3-4,8-9,11-12,14-17,23,35-36H,5-7,10,13,18H2,1-2H3. The van der Waals surface area contributed by atoms with Crippen molar-refractivity contribution in [1.29, 1.82) is 0 Å². The largest absolute Gasteiger partial charge is 0.454 e. The second-order valence-corrected chi connectivity index (χ2v) is 10.00. The third-order valence-electron chi connectivity index (χ3n) is 7.17. The molecule has 2 aliphatic rings. The van der Waals surface area contributed by atoms with Gasteiger partial charge in [-0.1, -0.05) is 47.6 Å². The summed E-state index contributed by atoms with van der Waals surface area (Å²) >= 11 is 0. The minimum Gasteiger partial charge on any atom is -0.454 e. The maximum absolute atomic E-state index is 13.8. The van der Waals surface area contributed by atoms with E-state index in [1.54, 1.807) is 12.1 Å².